The molecule has 1 aliphatic rings. The molecule has 1 fully saturated rings. The van der Waals surface area contributed by atoms with Crippen molar-refractivity contribution in [2.75, 3.05) is 36.9 Å². The smallest absolute Gasteiger partial charge is 0.224 e. The Morgan fingerprint density at radius 2 is 1.84 bits per heavy atom. The predicted octanol–water partition coefficient (Wildman–Crippen LogP) is 2.21. The van der Waals surface area contributed by atoms with Gasteiger partial charge in [0.05, 0.1) is 25.1 Å². The van der Waals surface area contributed by atoms with Gasteiger partial charge in [0.1, 0.15) is 10.3 Å². The highest BCUT2D eigenvalue weighted by molar-refractivity contribution is 6.34. The van der Waals surface area contributed by atoms with Gasteiger partial charge >= 0.3 is 0 Å². The maximum absolute atomic E-state index is 6.19. The van der Waals surface area contributed by atoms with Gasteiger partial charge in [-0.15, -0.1) is 0 Å². The normalized spacial score (nSPS) is 14.9. The van der Waals surface area contributed by atoms with Gasteiger partial charge in [0, 0.05) is 18.7 Å². The monoisotopic (exact) mass is 377 g/mol. The molecular weight excluding hydrogens is 365 g/mol. The molecule has 8 nitrogen and oxygen atoms in total. The van der Waals surface area contributed by atoms with Gasteiger partial charge in [0.2, 0.25) is 5.95 Å². The quantitative estimate of drug-likeness (QED) is 0.677. The maximum atomic E-state index is 6.19. The first kappa shape index (κ1) is 16.2. The lowest BCUT2D eigenvalue weighted by atomic mass is 10.2. The number of anilines is 2. The number of halogens is 2. The molecule has 4 heterocycles. The molecule has 0 aliphatic carbocycles. The summed E-state index contributed by atoms with van der Waals surface area (Å²) in [4.78, 5) is 23.7. The number of ether oxygens (including phenoxy) is 1. The van der Waals surface area contributed by atoms with Gasteiger partial charge in [-0.2, -0.15) is 9.97 Å². The Balaban J connectivity index is 1.87. The fourth-order valence-electron chi connectivity index (χ4n) is 2.64. The number of hydrogen-bond acceptors (Lipinski definition) is 8. The fraction of sp³-hybridized carbons (Fsp3) is 0.267. The zero-order chi connectivity index (χ0) is 17.4. The number of aromatic nitrogens is 5. The van der Waals surface area contributed by atoms with Crippen molar-refractivity contribution in [1.82, 2.24) is 24.9 Å². The highest BCUT2D eigenvalue weighted by Crippen LogP contribution is 2.29. The van der Waals surface area contributed by atoms with Crippen LogP contribution >= 0.6 is 23.2 Å². The van der Waals surface area contributed by atoms with E-state index in [1.165, 1.54) is 0 Å². The largest absolute Gasteiger partial charge is 0.378 e. The highest BCUT2D eigenvalue weighted by Gasteiger charge is 2.19. The summed E-state index contributed by atoms with van der Waals surface area (Å²) in [6.07, 6.45) is 1.58. The molecule has 4 rings (SSSR count). The zero-order valence-corrected chi connectivity index (χ0v) is 14.5. The van der Waals surface area contributed by atoms with Crippen LogP contribution in [0.5, 0.6) is 0 Å². The molecule has 1 saturated heterocycles. The molecule has 1 aliphatic heterocycles. The summed E-state index contributed by atoms with van der Waals surface area (Å²) >= 11 is 12.0. The molecular formula is C15H13Cl2N7O. The van der Waals surface area contributed by atoms with E-state index in [-0.39, 0.29) is 11.1 Å². The molecule has 0 unspecified atom stereocenters. The first-order valence-electron chi connectivity index (χ1n) is 7.57. The number of hydrogen-bond donors (Lipinski definition) is 1. The van der Waals surface area contributed by atoms with E-state index in [2.05, 4.69) is 29.8 Å². The average Bonchev–Trinajstić information content (AvgIpc) is 2.61. The number of pyridine rings is 1. The maximum Gasteiger partial charge on any atom is 0.224 e. The van der Waals surface area contributed by atoms with Crippen LogP contribution < -0.4 is 10.6 Å². The molecule has 2 N–H and O–H groups in total. The van der Waals surface area contributed by atoms with Gasteiger partial charge in [-0.3, -0.25) is 0 Å². The SMILES string of the molecule is Nc1nc(N2CCOCC2)c2nc(-c3ccc(Cl)nc3Cl)cnc2n1. The topological polar surface area (TPSA) is 103 Å². The fourth-order valence-corrected chi connectivity index (χ4v) is 3.08. The lowest BCUT2D eigenvalue weighted by molar-refractivity contribution is 0.122. The van der Waals surface area contributed by atoms with E-state index in [1.807, 2.05) is 0 Å². The molecule has 3 aromatic heterocycles. The van der Waals surface area contributed by atoms with E-state index in [4.69, 9.17) is 33.7 Å². The second-order valence-corrected chi connectivity index (χ2v) is 6.15. The number of fused-ring (bicyclic) bond motifs is 1. The molecule has 0 bridgehead atoms. The third kappa shape index (κ3) is 3.15. The minimum absolute atomic E-state index is 0.155. The van der Waals surface area contributed by atoms with E-state index >= 15 is 0 Å². The van der Waals surface area contributed by atoms with E-state index in [0.717, 1.165) is 0 Å². The van der Waals surface area contributed by atoms with Crippen molar-refractivity contribution in [2.24, 2.45) is 0 Å². The second-order valence-electron chi connectivity index (χ2n) is 5.40. The molecule has 25 heavy (non-hydrogen) atoms. The first-order valence-corrected chi connectivity index (χ1v) is 8.33. The van der Waals surface area contributed by atoms with Crippen LogP contribution in [0.25, 0.3) is 22.4 Å². The standard InChI is InChI=1S/C15H13Cl2N7O/c16-10-2-1-8(12(17)21-10)9-7-19-13-11(20-9)14(23-15(18)22-13)24-3-5-25-6-4-24/h1-2,7H,3-6H2,(H2,18,19,22,23). The summed E-state index contributed by atoms with van der Waals surface area (Å²) in [6.45, 7) is 2.62. The summed E-state index contributed by atoms with van der Waals surface area (Å²) in [5.74, 6) is 0.792. The third-order valence-electron chi connectivity index (χ3n) is 3.81. The van der Waals surface area contributed by atoms with Gasteiger partial charge in [-0.25, -0.2) is 15.0 Å². The van der Waals surface area contributed by atoms with Gasteiger partial charge < -0.3 is 15.4 Å². The first-order chi connectivity index (χ1) is 12.1. The van der Waals surface area contributed by atoms with Crippen molar-refractivity contribution in [3.63, 3.8) is 0 Å². The summed E-state index contributed by atoms with van der Waals surface area (Å²) in [5.41, 5.74) is 8.00. The lowest BCUT2D eigenvalue weighted by Crippen LogP contribution is -2.37. The Kier molecular flexibility index (Phi) is 4.24. The summed E-state index contributed by atoms with van der Waals surface area (Å²) < 4.78 is 5.39. The molecule has 3 aromatic rings. The molecule has 0 atom stereocenters. The second kappa shape index (κ2) is 6.55. The average molecular weight is 378 g/mol. The Morgan fingerprint density at radius 3 is 2.60 bits per heavy atom. The van der Waals surface area contributed by atoms with Crippen molar-refractivity contribution in [3.05, 3.63) is 28.6 Å². The highest BCUT2D eigenvalue weighted by atomic mass is 35.5. The van der Waals surface area contributed by atoms with Crippen LogP contribution in [0.2, 0.25) is 10.3 Å². The van der Waals surface area contributed by atoms with Crippen molar-refractivity contribution in [2.45, 2.75) is 0 Å². The van der Waals surface area contributed by atoms with Crippen molar-refractivity contribution < 1.29 is 4.74 Å². The molecule has 0 amide bonds. The van der Waals surface area contributed by atoms with Gasteiger partial charge in [-0.1, -0.05) is 23.2 Å². The molecule has 0 saturated carbocycles. The molecule has 0 aromatic carbocycles. The Morgan fingerprint density at radius 1 is 1.04 bits per heavy atom. The minimum atomic E-state index is 0.155. The number of morpholine rings is 1. The number of nitrogen functional groups attached to an aromatic ring is 1. The van der Waals surface area contributed by atoms with Crippen LogP contribution in [0.4, 0.5) is 11.8 Å². The zero-order valence-electron chi connectivity index (χ0n) is 13.0. The van der Waals surface area contributed by atoms with Crippen molar-refractivity contribution >= 4 is 46.1 Å². The third-order valence-corrected chi connectivity index (χ3v) is 4.31. The van der Waals surface area contributed by atoms with Gasteiger partial charge in [0.15, 0.2) is 17.0 Å². The van der Waals surface area contributed by atoms with Gasteiger partial charge in [0.25, 0.3) is 0 Å². The van der Waals surface area contributed by atoms with Crippen LogP contribution in [0.15, 0.2) is 18.3 Å². The van der Waals surface area contributed by atoms with Crippen LogP contribution in [-0.4, -0.2) is 51.2 Å². The van der Waals surface area contributed by atoms with Gasteiger partial charge in [-0.05, 0) is 12.1 Å². The molecule has 128 valence electrons. The number of nitrogens with zero attached hydrogens (tertiary/aromatic N) is 6. The lowest BCUT2D eigenvalue weighted by Gasteiger charge is -2.28. The number of nitrogens with two attached hydrogens (primary N) is 1. The number of rotatable bonds is 2. The predicted molar refractivity (Wildman–Crippen MR) is 95.8 cm³/mol. The Bertz CT molecular complexity index is 947. The summed E-state index contributed by atoms with van der Waals surface area (Å²) in [6, 6.07) is 3.40. The van der Waals surface area contributed by atoms with E-state index in [1.54, 1.807) is 18.3 Å². The molecule has 0 spiro atoms. The summed E-state index contributed by atoms with van der Waals surface area (Å²) in [7, 11) is 0. The molecule has 10 heteroatoms. The van der Waals surface area contributed by atoms with E-state index < -0.39 is 0 Å². The van der Waals surface area contributed by atoms with E-state index in [0.29, 0.717) is 59.7 Å². The summed E-state index contributed by atoms with van der Waals surface area (Å²) in [5, 5.41) is 0.568. The molecule has 0 radical (unpaired) electrons. The Labute approximate surface area is 153 Å². The Hall–Kier alpha value is -2.29. The van der Waals surface area contributed by atoms with Crippen LogP contribution in [-0.2, 0) is 4.74 Å². The van der Waals surface area contributed by atoms with Crippen LogP contribution in [0.3, 0.4) is 0 Å². The van der Waals surface area contributed by atoms with Crippen molar-refractivity contribution in [3.8, 4) is 11.3 Å². The van der Waals surface area contributed by atoms with Crippen LogP contribution in [0, 0.1) is 0 Å². The minimum Gasteiger partial charge on any atom is -0.378 e. The van der Waals surface area contributed by atoms with Crippen molar-refractivity contribution in [1.29, 1.82) is 0 Å². The van der Waals surface area contributed by atoms with Crippen LogP contribution in [0.1, 0.15) is 0 Å². The van der Waals surface area contributed by atoms with E-state index in [9.17, 15) is 0 Å².